The largest absolute Gasteiger partial charge is 0.490 e. The van der Waals surface area contributed by atoms with Gasteiger partial charge >= 0.3 is 0 Å². The van der Waals surface area contributed by atoms with Crippen LogP contribution < -0.4 is 14.2 Å². The molecule has 0 fully saturated rings. The molecule has 8 heteroatoms. The van der Waals surface area contributed by atoms with Crippen LogP contribution in [-0.2, 0) is 10.0 Å². The molecule has 0 saturated heterocycles. The average molecular weight is 345 g/mol. The summed E-state index contributed by atoms with van der Waals surface area (Å²) in [5.74, 6) is 1.01. The van der Waals surface area contributed by atoms with Crippen LogP contribution in [0.2, 0.25) is 0 Å². The predicted octanol–water partition coefficient (Wildman–Crippen LogP) is 2.53. The van der Waals surface area contributed by atoms with E-state index in [-0.39, 0.29) is 4.90 Å². The van der Waals surface area contributed by atoms with E-state index in [0.29, 0.717) is 30.4 Å². The average Bonchev–Trinajstić information content (AvgIpc) is 2.89. The van der Waals surface area contributed by atoms with Crippen LogP contribution in [0.15, 0.2) is 47.5 Å². The molecule has 2 N–H and O–H groups in total. The number of H-pyrrole nitrogens is 1. The Morgan fingerprint density at radius 3 is 2.75 bits per heavy atom. The first kappa shape index (κ1) is 14.8. The fourth-order valence-corrected chi connectivity index (χ4v) is 3.60. The summed E-state index contributed by atoms with van der Waals surface area (Å²) >= 11 is 0. The molecule has 0 atom stereocenters. The SMILES string of the molecule is O=S(=O)(Nc1ccc2[nH]ncc2c1)c1ccc2c(c1)OCCCO2. The number of aromatic amines is 1. The van der Waals surface area contributed by atoms with Gasteiger partial charge < -0.3 is 9.47 Å². The van der Waals surface area contributed by atoms with Crippen LogP contribution in [0.3, 0.4) is 0 Å². The molecule has 0 bridgehead atoms. The van der Waals surface area contributed by atoms with Gasteiger partial charge in [-0.15, -0.1) is 0 Å². The van der Waals surface area contributed by atoms with Gasteiger partial charge in [0.2, 0.25) is 0 Å². The highest BCUT2D eigenvalue weighted by Crippen LogP contribution is 2.32. The van der Waals surface area contributed by atoms with E-state index in [0.717, 1.165) is 17.3 Å². The molecule has 2 aromatic carbocycles. The van der Waals surface area contributed by atoms with Crippen molar-refractivity contribution >= 4 is 26.6 Å². The zero-order valence-corrected chi connectivity index (χ0v) is 13.5. The highest BCUT2D eigenvalue weighted by Gasteiger charge is 2.19. The topological polar surface area (TPSA) is 93.3 Å². The molecule has 3 aromatic rings. The number of hydrogen-bond acceptors (Lipinski definition) is 5. The molecule has 2 heterocycles. The van der Waals surface area contributed by atoms with E-state index in [1.54, 1.807) is 30.5 Å². The van der Waals surface area contributed by atoms with Gasteiger partial charge in [-0.3, -0.25) is 9.82 Å². The zero-order valence-electron chi connectivity index (χ0n) is 12.7. The molecular formula is C16H15N3O4S. The number of hydrogen-bond donors (Lipinski definition) is 2. The Morgan fingerprint density at radius 1 is 1.04 bits per heavy atom. The minimum absolute atomic E-state index is 0.124. The second-order valence-corrected chi connectivity index (χ2v) is 7.12. The first-order chi connectivity index (χ1) is 11.6. The van der Waals surface area contributed by atoms with Crippen LogP contribution in [0.25, 0.3) is 10.9 Å². The van der Waals surface area contributed by atoms with Crippen molar-refractivity contribution in [3.63, 3.8) is 0 Å². The van der Waals surface area contributed by atoms with E-state index in [4.69, 9.17) is 9.47 Å². The molecule has 7 nitrogen and oxygen atoms in total. The Labute approximate surface area is 138 Å². The van der Waals surface area contributed by atoms with Crippen molar-refractivity contribution in [1.29, 1.82) is 0 Å². The summed E-state index contributed by atoms with van der Waals surface area (Å²) in [6.45, 7) is 1.06. The van der Waals surface area contributed by atoms with Gasteiger partial charge in [0.25, 0.3) is 10.0 Å². The third kappa shape index (κ3) is 2.76. The molecule has 0 aliphatic carbocycles. The Morgan fingerprint density at radius 2 is 1.88 bits per heavy atom. The number of ether oxygens (including phenoxy) is 2. The molecule has 124 valence electrons. The summed E-state index contributed by atoms with van der Waals surface area (Å²) in [6, 6.07) is 9.79. The molecular weight excluding hydrogens is 330 g/mol. The van der Waals surface area contributed by atoms with E-state index in [1.165, 1.54) is 12.1 Å². The van der Waals surface area contributed by atoms with E-state index < -0.39 is 10.0 Å². The maximum absolute atomic E-state index is 12.6. The van der Waals surface area contributed by atoms with Crippen molar-refractivity contribution in [3.05, 3.63) is 42.6 Å². The molecule has 4 rings (SSSR count). The molecule has 0 amide bonds. The highest BCUT2D eigenvalue weighted by atomic mass is 32.2. The second-order valence-electron chi connectivity index (χ2n) is 5.44. The van der Waals surface area contributed by atoms with Gasteiger partial charge in [0.05, 0.1) is 29.8 Å². The molecule has 0 radical (unpaired) electrons. The van der Waals surface area contributed by atoms with Crippen LogP contribution in [0.1, 0.15) is 6.42 Å². The Balaban J connectivity index is 1.65. The molecule has 1 aromatic heterocycles. The maximum Gasteiger partial charge on any atom is 0.262 e. The van der Waals surface area contributed by atoms with Crippen molar-refractivity contribution in [1.82, 2.24) is 10.2 Å². The summed E-state index contributed by atoms with van der Waals surface area (Å²) < 4.78 is 38.9. The lowest BCUT2D eigenvalue weighted by Crippen LogP contribution is -2.13. The standard InChI is InChI=1S/C16H15N3O4S/c20-24(21,19-12-2-4-14-11(8-12)10-17-18-14)13-3-5-15-16(9-13)23-7-1-6-22-15/h2-5,8-10,19H,1,6-7H2,(H,17,18). The van der Waals surface area contributed by atoms with Gasteiger partial charge in [-0.25, -0.2) is 8.42 Å². The van der Waals surface area contributed by atoms with E-state index in [1.807, 2.05) is 0 Å². The second kappa shape index (κ2) is 5.72. The Bertz CT molecular complexity index is 997. The molecule has 1 aliphatic heterocycles. The van der Waals surface area contributed by atoms with Crippen molar-refractivity contribution in [2.75, 3.05) is 17.9 Å². The zero-order chi connectivity index (χ0) is 16.6. The quantitative estimate of drug-likeness (QED) is 0.761. The normalized spacial score (nSPS) is 14.3. The number of nitrogens with one attached hydrogen (secondary N) is 2. The number of fused-ring (bicyclic) bond motifs is 2. The van der Waals surface area contributed by atoms with Crippen LogP contribution in [0, 0.1) is 0 Å². The lowest BCUT2D eigenvalue weighted by Gasteiger charge is -2.11. The summed E-state index contributed by atoms with van der Waals surface area (Å²) in [7, 11) is -3.73. The van der Waals surface area contributed by atoms with E-state index >= 15 is 0 Å². The van der Waals surface area contributed by atoms with Crippen LogP contribution in [-0.4, -0.2) is 31.8 Å². The fraction of sp³-hybridized carbons (Fsp3) is 0.188. The van der Waals surface area contributed by atoms with Gasteiger partial charge in [0, 0.05) is 23.6 Å². The number of aromatic nitrogens is 2. The lowest BCUT2D eigenvalue weighted by molar-refractivity contribution is 0.297. The first-order valence-electron chi connectivity index (χ1n) is 7.47. The Hall–Kier alpha value is -2.74. The number of sulfonamides is 1. The van der Waals surface area contributed by atoms with Crippen molar-refractivity contribution in [2.24, 2.45) is 0 Å². The third-order valence-corrected chi connectivity index (χ3v) is 5.10. The third-order valence-electron chi connectivity index (χ3n) is 3.72. The van der Waals surface area contributed by atoms with Gasteiger partial charge in [-0.2, -0.15) is 5.10 Å². The molecule has 1 aliphatic rings. The minimum Gasteiger partial charge on any atom is -0.490 e. The van der Waals surface area contributed by atoms with Gasteiger partial charge in [0.15, 0.2) is 11.5 Å². The summed E-state index contributed by atoms with van der Waals surface area (Å²) in [6.07, 6.45) is 2.40. The monoisotopic (exact) mass is 345 g/mol. The van der Waals surface area contributed by atoms with E-state index in [9.17, 15) is 8.42 Å². The first-order valence-corrected chi connectivity index (χ1v) is 8.96. The fourth-order valence-electron chi connectivity index (χ4n) is 2.53. The van der Waals surface area contributed by atoms with Gasteiger partial charge in [0.1, 0.15) is 0 Å². The highest BCUT2D eigenvalue weighted by molar-refractivity contribution is 7.92. The molecule has 0 saturated carbocycles. The smallest absolute Gasteiger partial charge is 0.262 e. The molecule has 0 unspecified atom stereocenters. The van der Waals surface area contributed by atoms with Crippen LogP contribution in [0.4, 0.5) is 5.69 Å². The van der Waals surface area contributed by atoms with Crippen LogP contribution >= 0.6 is 0 Å². The summed E-state index contributed by atoms with van der Waals surface area (Å²) in [5, 5.41) is 7.57. The summed E-state index contributed by atoms with van der Waals surface area (Å²) in [4.78, 5) is 0.124. The summed E-state index contributed by atoms with van der Waals surface area (Å²) in [5.41, 5.74) is 1.31. The van der Waals surface area contributed by atoms with Crippen molar-refractivity contribution < 1.29 is 17.9 Å². The van der Waals surface area contributed by atoms with Crippen LogP contribution in [0.5, 0.6) is 11.5 Å². The van der Waals surface area contributed by atoms with Crippen molar-refractivity contribution in [2.45, 2.75) is 11.3 Å². The minimum atomic E-state index is -3.73. The lowest BCUT2D eigenvalue weighted by atomic mass is 10.2. The molecule has 0 spiro atoms. The maximum atomic E-state index is 12.6. The Kier molecular flexibility index (Phi) is 3.53. The van der Waals surface area contributed by atoms with Gasteiger partial charge in [-0.05, 0) is 30.3 Å². The van der Waals surface area contributed by atoms with Gasteiger partial charge in [-0.1, -0.05) is 0 Å². The predicted molar refractivity (Wildman–Crippen MR) is 89.0 cm³/mol. The van der Waals surface area contributed by atoms with Crippen molar-refractivity contribution in [3.8, 4) is 11.5 Å². The number of nitrogens with zero attached hydrogens (tertiary/aromatic N) is 1. The van der Waals surface area contributed by atoms with E-state index in [2.05, 4.69) is 14.9 Å². The number of anilines is 1. The number of benzene rings is 2. The number of rotatable bonds is 3. The molecule has 24 heavy (non-hydrogen) atoms.